The van der Waals surface area contributed by atoms with Gasteiger partial charge >= 0.3 is 0 Å². The lowest BCUT2D eigenvalue weighted by molar-refractivity contribution is 0.825. The van der Waals surface area contributed by atoms with E-state index in [4.69, 9.17) is 34.8 Å². The molecule has 0 nitrogen and oxygen atoms in total. The number of fused-ring (bicyclic) bond motifs is 1. The highest BCUT2D eigenvalue weighted by molar-refractivity contribution is 6.57. The molecular formula is C13H10Cl3. The zero-order chi connectivity index (χ0) is 11.8. The molecule has 1 atom stereocenters. The summed E-state index contributed by atoms with van der Waals surface area (Å²) < 4.78 is 0. The van der Waals surface area contributed by atoms with Crippen molar-refractivity contribution in [2.75, 3.05) is 0 Å². The van der Waals surface area contributed by atoms with E-state index in [-0.39, 0.29) is 4.84 Å². The molecule has 0 aliphatic carbocycles. The van der Waals surface area contributed by atoms with E-state index in [0.717, 1.165) is 16.3 Å². The largest absolute Gasteiger partial charge is 0.175 e. The fourth-order valence-corrected chi connectivity index (χ4v) is 2.11. The van der Waals surface area contributed by atoms with Crippen LogP contribution in [0.15, 0.2) is 42.5 Å². The van der Waals surface area contributed by atoms with Gasteiger partial charge in [0.05, 0.1) is 0 Å². The first-order valence-electron chi connectivity index (χ1n) is 4.89. The van der Waals surface area contributed by atoms with E-state index in [2.05, 4.69) is 0 Å². The minimum absolute atomic E-state index is 0.158. The quantitative estimate of drug-likeness (QED) is 0.654. The SMILES string of the molecule is CC(Cl)([C](Cl)Cl)c1cccc2ccccc12. The zero-order valence-corrected chi connectivity index (χ0v) is 10.9. The van der Waals surface area contributed by atoms with Gasteiger partial charge in [0.25, 0.3) is 0 Å². The monoisotopic (exact) mass is 271 g/mol. The summed E-state index contributed by atoms with van der Waals surface area (Å²) in [6.07, 6.45) is 0. The number of alkyl halides is 1. The molecule has 83 valence electrons. The molecule has 16 heavy (non-hydrogen) atoms. The van der Waals surface area contributed by atoms with Crippen LogP contribution in [0, 0.1) is 4.84 Å². The van der Waals surface area contributed by atoms with Crippen LogP contribution in [-0.2, 0) is 4.87 Å². The van der Waals surface area contributed by atoms with Crippen molar-refractivity contribution in [3.05, 3.63) is 52.9 Å². The van der Waals surface area contributed by atoms with Crippen molar-refractivity contribution in [1.82, 2.24) is 0 Å². The van der Waals surface area contributed by atoms with Gasteiger partial charge in [0.1, 0.15) is 4.87 Å². The molecule has 0 bridgehead atoms. The molecule has 1 radical (unpaired) electrons. The van der Waals surface area contributed by atoms with Crippen LogP contribution in [0.1, 0.15) is 12.5 Å². The van der Waals surface area contributed by atoms with E-state index < -0.39 is 4.87 Å². The number of rotatable bonds is 2. The summed E-state index contributed by atoms with van der Waals surface area (Å²) >= 11 is 18.1. The van der Waals surface area contributed by atoms with E-state index >= 15 is 0 Å². The Kier molecular flexibility index (Phi) is 3.34. The minimum atomic E-state index is -0.857. The summed E-state index contributed by atoms with van der Waals surface area (Å²) in [4.78, 5) is -0.699. The van der Waals surface area contributed by atoms with Crippen LogP contribution in [-0.4, -0.2) is 0 Å². The number of benzene rings is 2. The van der Waals surface area contributed by atoms with E-state index in [1.165, 1.54) is 0 Å². The highest BCUT2D eigenvalue weighted by Crippen LogP contribution is 2.45. The second-order valence-electron chi connectivity index (χ2n) is 3.79. The van der Waals surface area contributed by atoms with Crippen LogP contribution in [0.5, 0.6) is 0 Å². The van der Waals surface area contributed by atoms with Gasteiger partial charge in [0.2, 0.25) is 0 Å². The number of hydrogen-bond acceptors (Lipinski definition) is 0. The maximum absolute atomic E-state index is 6.37. The maximum Gasteiger partial charge on any atom is 0.175 e. The van der Waals surface area contributed by atoms with Crippen molar-refractivity contribution in [2.24, 2.45) is 0 Å². The highest BCUT2D eigenvalue weighted by Gasteiger charge is 2.33. The Morgan fingerprint density at radius 1 is 1.00 bits per heavy atom. The Bertz CT molecular complexity index is 498. The summed E-state index contributed by atoms with van der Waals surface area (Å²) in [5.41, 5.74) is 0.923. The molecule has 0 aliphatic heterocycles. The minimum Gasteiger partial charge on any atom is -0.111 e. The molecule has 0 saturated carbocycles. The van der Waals surface area contributed by atoms with Crippen LogP contribution in [0.3, 0.4) is 0 Å². The Labute approximate surface area is 110 Å². The predicted molar refractivity (Wildman–Crippen MR) is 72.1 cm³/mol. The second kappa shape index (κ2) is 4.44. The molecule has 2 aromatic rings. The molecule has 0 fully saturated rings. The molecule has 0 amide bonds. The van der Waals surface area contributed by atoms with Gasteiger partial charge < -0.3 is 0 Å². The lowest BCUT2D eigenvalue weighted by Gasteiger charge is -2.24. The number of halogens is 3. The van der Waals surface area contributed by atoms with E-state index in [9.17, 15) is 0 Å². The fourth-order valence-electron chi connectivity index (χ4n) is 1.74. The standard InChI is InChI=1S/C13H10Cl3/c1-13(16,12(14)15)11-8-4-6-9-5-2-3-7-10(9)11/h2-8H,1H3. The normalized spacial score (nSPS) is 15.3. The molecule has 0 aromatic heterocycles. The van der Waals surface area contributed by atoms with E-state index in [1.54, 1.807) is 6.92 Å². The van der Waals surface area contributed by atoms with Gasteiger partial charge in [-0.05, 0) is 23.3 Å². The molecule has 3 heteroatoms. The third-order valence-corrected chi connectivity index (χ3v) is 3.99. The van der Waals surface area contributed by atoms with Gasteiger partial charge in [0.15, 0.2) is 4.84 Å². The van der Waals surface area contributed by atoms with E-state index in [1.807, 2.05) is 42.5 Å². The van der Waals surface area contributed by atoms with Gasteiger partial charge in [-0.3, -0.25) is 0 Å². The lowest BCUT2D eigenvalue weighted by Crippen LogP contribution is -2.16. The van der Waals surface area contributed by atoms with Gasteiger partial charge in [-0.1, -0.05) is 65.7 Å². The topological polar surface area (TPSA) is 0 Å². The Morgan fingerprint density at radius 3 is 2.31 bits per heavy atom. The van der Waals surface area contributed by atoms with Crippen LogP contribution >= 0.6 is 34.8 Å². The lowest BCUT2D eigenvalue weighted by atomic mass is 9.95. The average Bonchev–Trinajstić information content (AvgIpc) is 2.28. The summed E-state index contributed by atoms with van der Waals surface area (Å²) in [5, 5.41) is 2.20. The fraction of sp³-hybridized carbons (Fsp3) is 0.154. The highest BCUT2D eigenvalue weighted by atomic mass is 35.5. The summed E-state index contributed by atoms with van der Waals surface area (Å²) in [7, 11) is 0. The van der Waals surface area contributed by atoms with Crippen molar-refractivity contribution < 1.29 is 0 Å². The Balaban J connectivity index is 2.70. The molecule has 0 aliphatic rings. The maximum atomic E-state index is 6.37. The first-order chi connectivity index (χ1) is 7.53. The first-order valence-corrected chi connectivity index (χ1v) is 6.02. The Morgan fingerprint density at radius 2 is 1.62 bits per heavy atom. The zero-order valence-electron chi connectivity index (χ0n) is 8.68. The molecule has 2 rings (SSSR count). The third-order valence-electron chi connectivity index (χ3n) is 2.65. The average molecular weight is 273 g/mol. The van der Waals surface area contributed by atoms with Crippen molar-refractivity contribution in [3.63, 3.8) is 0 Å². The van der Waals surface area contributed by atoms with Gasteiger partial charge in [0, 0.05) is 0 Å². The molecular weight excluding hydrogens is 263 g/mol. The van der Waals surface area contributed by atoms with Crippen LogP contribution in [0.4, 0.5) is 0 Å². The predicted octanol–water partition coefficient (Wildman–Crippen LogP) is 5.26. The van der Waals surface area contributed by atoms with Gasteiger partial charge in [-0.25, -0.2) is 0 Å². The van der Waals surface area contributed by atoms with Crippen LogP contribution in [0.25, 0.3) is 10.8 Å². The smallest absolute Gasteiger partial charge is 0.111 e. The van der Waals surface area contributed by atoms with Crippen LogP contribution in [0.2, 0.25) is 0 Å². The van der Waals surface area contributed by atoms with Crippen molar-refractivity contribution >= 4 is 45.6 Å². The van der Waals surface area contributed by atoms with E-state index in [0.29, 0.717) is 0 Å². The third kappa shape index (κ3) is 2.02. The summed E-state index contributed by atoms with van der Waals surface area (Å²) in [6, 6.07) is 13.9. The molecule has 0 heterocycles. The summed E-state index contributed by atoms with van der Waals surface area (Å²) in [6.45, 7) is 1.80. The molecule has 0 N–H and O–H groups in total. The molecule has 0 saturated heterocycles. The first kappa shape index (κ1) is 12.0. The second-order valence-corrected chi connectivity index (χ2v) is 5.50. The summed E-state index contributed by atoms with van der Waals surface area (Å²) in [5.74, 6) is 0. The van der Waals surface area contributed by atoms with Gasteiger partial charge in [-0.2, -0.15) is 0 Å². The van der Waals surface area contributed by atoms with Gasteiger partial charge in [-0.15, -0.1) is 11.6 Å². The van der Waals surface area contributed by atoms with Crippen molar-refractivity contribution in [3.8, 4) is 0 Å². The van der Waals surface area contributed by atoms with Crippen molar-refractivity contribution in [1.29, 1.82) is 0 Å². The van der Waals surface area contributed by atoms with Crippen molar-refractivity contribution in [2.45, 2.75) is 11.8 Å². The molecule has 2 aromatic carbocycles. The molecule has 0 spiro atoms. The Hall–Kier alpha value is -0.430. The number of hydrogen-bond donors (Lipinski definition) is 0. The van der Waals surface area contributed by atoms with Crippen LogP contribution < -0.4 is 0 Å². The molecule has 1 unspecified atom stereocenters.